The second kappa shape index (κ2) is 10.2. The van der Waals surface area contributed by atoms with Crippen molar-refractivity contribution in [3.8, 4) is 11.3 Å². The lowest BCUT2D eigenvalue weighted by Gasteiger charge is -2.35. The molecule has 182 valence electrons. The Morgan fingerprint density at radius 2 is 1.85 bits per heavy atom. The highest BCUT2D eigenvalue weighted by atomic mass is 19.4. The number of halogens is 4. The van der Waals surface area contributed by atoms with E-state index in [4.69, 9.17) is 14.6 Å². The van der Waals surface area contributed by atoms with Gasteiger partial charge in [-0.15, -0.1) is 0 Å². The van der Waals surface area contributed by atoms with E-state index in [1.807, 2.05) is 18.2 Å². The molecule has 3 heterocycles. The van der Waals surface area contributed by atoms with Crippen LogP contribution >= 0.6 is 0 Å². The van der Waals surface area contributed by atoms with Crippen molar-refractivity contribution in [3.63, 3.8) is 0 Å². The van der Waals surface area contributed by atoms with Gasteiger partial charge in [0.15, 0.2) is 11.2 Å². The number of aliphatic hydroxyl groups is 1. The van der Waals surface area contributed by atoms with Crippen molar-refractivity contribution < 1.29 is 46.5 Å². The quantitative estimate of drug-likeness (QED) is 0.380. The van der Waals surface area contributed by atoms with Gasteiger partial charge in [-0.05, 0) is 37.1 Å². The lowest BCUT2D eigenvalue weighted by molar-refractivity contribution is -0.514. The number of benzene rings is 1. The van der Waals surface area contributed by atoms with Crippen LogP contribution in [0, 0.1) is 5.82 Å². The van der Waals surface area contributed by atoms with Gasteiger partial charge in [-0.2, -0.15) is 17.6 Å². The van der Waals surface area contributed by atoms with E-state index in [1.54, 1.807) is 22.7 Å². The maximum Gasteiger partial charge on any atom is 0.430 e. The molecule has 2 aromatic heterocycles. The molecule has 1 amide bonds. The molecular formula is C22H21F4N3O5. The third kappa shape index (κ3) is 5.69. The number of rotatable bonds is 4. The van der Waals surface area contributed by atoms with Gasteiger partial charge >= 0.3 is 17.9 Å². The number of nitrogens with one attached hydrogen (secondary N) is 2. The highest BCUT2D eigenvalue weighted by Gasteiger charge is 2.37. The van der Waals surface area contributed by atoms with Gasteiger partial charge in [0.25, 0.3) is 0 Å². The Kier molecular flexibility index (Phi) is 7.52. The number of H-pyrrole nitrogens is 1. The van der Waals surface area contributed by atoms with Gasteiger partial charge in [0.05, 0.1) is 18.3 Å². The van der Waals surface area contributed by atoms with E-state index in [1.165, 1.54) is 12.1 Å². The Balaban J connectivity index is 0.000000406. The first-order valence-corrected chi connectivity index (χ1v) is 10.1. The first-order valence-electron chi connectivity index (χ1n) is 10.1. The molecule has 3 aromatic rings. The van der Waals surface area contributed by atoms with Gasteiger partial charge in [-0.25, -0.2) is 9.37 Å². The number of aromatic nitrogens is 2. The molecule has 0 unspecified atom stereocenters. The monoisotopic (exact) mass is 483 g/mol. The van der Waals surface area contributed by atoms with Crippen LogP contribution in [0.1, 0.15) is 23.5 Å². The predicted molar refractivity (Wildman–Crippen MR) is 108 cm³/mol. The highest BCUT2D eigenvalue weighted by Crippen LogP contribution is 2.24. The molecule has 1 fully saturated rings. The summed E-state index contributed by atoms with van der Waals surface area (Å²) in [5.41, 5.74) is 1.38. The Hall–Kier alpha value is -3.51. The average Bonchev–Trinajstić information content (AvgIpc) is 3.19. The number of carbonyl (C=O) groups is 2. The van der Waals surface area contributed by atoms with E-state index in [2.05, 4.69) is 10.3 Å². The summed E-state index contributed by atoms with van der Waals surface area (Å²) in [5, 5.41) is 21.6. The van der Waals surface area contributed by atoms with E-state index in [9.17, 15) is 27.5 Å². The fourth-order valence-corrected chi connectivity index (χ4v) is 3.50. The molecule has 1 aliphatic rings. The second-order valence-electron chi connectivity index (χ2n) is 7.60. The van der Waals surface area contributed by atoms with Crippen molar-refractivity contribution in [1.29, 1.82) is 0 Å². The number of pyridine rings is 1. The van der Waals surface area contributed by atoms with Crippen molar-refractivity contribution in [2.24, 2.45) is 0 Å². The maximum absolute atomic E-state index is 13.7. The third-order valence-corrected chi connectivity index (χ3v) is 5.29. The molecule has 1 aliphatic heterocycles. The SMILES string of the molecule is O=C(NC1(CO)CCOCC1)c1[nH]c(-c2cccc(F)c2)c2cccc[n+]12.O=C([O-])C(F)(F)F. The summed E-state index contributed by atoms with van der Waals surface area (Å²) in [4.78, 5) is 24.9. The number of nitrogens with zero attached hydrogens (tertiary/aromatic N) is 1. The number of hydrogen-bond acceptors (Lipinski definition) is 5. The third-order valence-electron chi connectivity index (χ3n) is 5.29. The summed E-state index contributed by atoms with van der Waals surface area (Å²) in [5.74, 6) is -3.35. The van der Waals surface area contributed by atoms with E-state index in [0.717, 1.165) is 5.52 Å². The van der Waals surface area contributed by atoms with E-state index in [-0.39, 0.29) is 18.3 Å². The zero-order chi connectivity index (χ0) is 24.9. The topological polar surface area (TPSA) is 119 Å². The number of imidazole rings is 1. The lowest BCUT2D eigenvalue weighted by Crippen LogP contribution is -2.55. The molecule has 12 heteroatoms. The zero-order valence-electron chi connectivity index (χ0n) is 17.7. The Morgan fingerprint density at radius 3 is 2.44 bits per heavy atom. The van der Waals surface area contributed by atoms with Crippen LogP contribution in [0.5, 0.6) is 0 Å². The van der Waals surface area contributed by atoms with Crippen LogP contribution in [0.25, 0.3) is 16.8 Å². The van der Waals surface area contributed by atoms with Crippen molar-refractivity contribution >= 4 is 17.4 Å². The van der Waals surface area contributed by atoms with E-state index >= 15 is 0 Å². The molecule has 1 saturated heterocycles. The molecule has 0 aliphatic carbocycles. The van der Waals surface area contributed by atoms with Gasteiger partial charge in [0, 0.05) is 18.8 Å². The summed E-state index contributed by atoms with van der Waals surface area (Å²) < 4.78 is 52.3. The second-order valence-corrected chi connectivity index (χ2v) is 7.60. The Morgan fingerprint density at radius 1 is 1.18 bits per heavy atom. The minimum Gasteiger partial charge on any atom is -0.542 e. The number of carboxylic acid groups (broad SMARTS) is 1. The standard InChI is InChI=1S/C20H20FN3O3.C2HF3O2/c21-15-5-3-4-14(12-15)17-16-6-1-2-9-24(16)18(22-17)19(26)23-20(13-25)7-10-27-11-8-20;3-2(4,5)1(6)7/h1-6,9,12,25H,7-8,10-11,13H2,(H,23,26);(H,6,7). The van der Waals surface area contributed by atoms with Gasteiger partial charge in [-0.1, -0.05) is 18.2 Å². The zero-order valence-corrected chi connectivity index (χ0v) is 17.7. The van der Waals surface area contributed by atoms with Gasteiger partial charge < -0.3 is 25.1 Å². The molecule has 8 nitrogen and oxygen atoms in total. The number of amides is 1. The molecule has 0 bridgehead atoms. The van der Waals surface area contributed by atoms with E-state index < -0.39 is 17.7 Å². The number of hydrogen-bond donors (Lipinski definition) is 3. The van der Waals surface area contributed by atoms with Crippen LogP contribution in [0.2, 0.25) is 0 Å². The van der Waals surface area contributed by atoms with Crippen LogP contribution < -0.4 is 14.8 Å². The minimum absolute atomic E-state index is 0.151. The lowest BCUT2D eigenvalue weighted by atomic mass is 9.91. The number of alkyl halides is 3. The molecule has 4 rings (SSSR count). The van der Waals surface area contributed by atoms with Gasteiger partial charge in [-0.3, -0.25) is 4.79 Å². The fourth-order valence-electron chi connectivity index (χ4n) is 3.50. The highest BCUT2D eigenvalue weighted by molar-refractivity contribution is 5.92. The molecule has 1 aromatic carbocycles. The van der Waals surface area contributed by atoms with E-state index in [0.29, 0.717) is 43.1 Å². The van der Waals surface area contributed by atoms with Gasteiger partial charge in [0.2, 0.25) is 0 Å². The summed E-state index contributed by atoms with van der Waals surface area (Å²) in [6.07, 6.45) is -2.32. The summed E-state index contributed by atoms with van der Waals surface area (Å²) >= 11 is 0. The van der Waals surface area contributed by atoms with Crippen molar-refractivity contribution in [3.05, 3.63) is 60.3 Å². The van der Waals surface area contributed by atoms with Crippen LogP contribution in [0.3, 0.4) is 0 Å². The molecule has 3 N–H and O–H groups in total. The number of aromatic amines is 1. The van der Waals surface area contributed by atoms with Crippen molar-refractivity contribution in [2.75, 3.05) is 19.8 Å². The molecule has 34 heavy (non-hydrogen) atoms. The van der Waals surface area contributed by atoms with Crippen molar-refractivity contribution in [1.82, 2.24) is 10.3 Å². The van der Waals surface area contributed by atoms with Crippen LogP contribution in [0.15, 0.2) is 48.7 Å². The first kappa shape index (κ1) is 25.1. The molecule has 0 spiro atoms. The fraction of sp³-hybridized carbons (Fsp3) is 0.318. The molecular weight excluding hydrogens is 462 g/mol. The number of fused-ring (bicyclic) bond motifs is 1. The molecule has 0 radical (unpaired) electrons. The predicted octanol–water partition coefficient (Wildman–Crippen LogP) is 1.13. The maximum atomic E-state index is 13.7. The normalized spacial score (nSPS) is 15.3. The summed E-state index contributed by atoms with van der Waals surface area (Å²) in [6, 6.07) is 11.8. The Bertz CT molecular complexity index is 1170. The molecule has 0 saturated carbocycles. The summed E-state index contributed by atoms with van der Waals surface area (Å²) in [7, 11) is 0. The number of aliphatic carboxylic acids is 1. The Labute approximate surface area is 190 Å². The smallest absolute Gasteiger partial charge is 0.430 e. The number of aliphatic hydroxyl groups excluding tert-OH is 1. The number of carboxylic acids is 1. The van der Waals surface area contributed by atoms with Gasteiger partial charge in [0.1, 0.15) is 11.8 Å². The minimum atomic E-state index is -5.19. The molecule has 0 atom stereocenters. The first-order chi connectivity index (χ1) is 16.1. The van der Waals surface area contributed by atoms with Crippen molar-refractivity contribution in [2.45, 2.75) is 24.6 Å². The number of ether oxygens (including phenoxy) is 1. The average molecular weight is 483 g/mol. The largest absolute Gasteiger partial charge is 0.542 e. The van der Waals surface area contributed by atoms with Crippen LogP contribution in [-0.2, 0) is 9.53 Å². The summed E-state index contributed by atoms with van der Waals surface area (Å²) in [6.45, 7) is 0.837. The number of carbonyl (C=O) groups excluding carboxylic acids is 2. The van der Waals surface area contributed by atoms with Crippen LogP contribution in [-0.4, -0.2) is 53.5 Å². The van der Waals surface area contributed by atoms with Crippen LogP contribution in [0.4, 0.5) is 17.6 Å².